The summed E-state index contributed by atoms with van der Waals surface area (Å²) in [6.07, 6.45) is 1.34. The highest BCUT2D eigenvalue weighted by Gasteiger charge is 2.05. The average Bonchev–Trinajstić information content (AvgIpc) is 2.23. The van der Waals surface area contributed by atoms with Crippen LogP contribution in [-0.4, -0.2) is 24.1 Å². The van der Waals surface area contributed by atoms with Crippen LogP contribution in [0.25, 0.3) is 0 Å². The van der Waals surface area contributed by atoms with Gasteiger partial charge in [0.1, 0.15) is 11.6 Å². The minimum Gasteiger partial charge on any atom is -0.493 e. The molecule has 0 heterocycles. The Kier molecular flexibility index (Phi) is 4.92. The number of hydrogen-bond acceptors (Lipinski definition) is 3. The Balaban J connectivity index is 2.62. The molecule has 0 atom stereocenters. The van der Waals surface area contributed by atoms with E-state index in [0.717, 1.165) is 0 Å². The summed E-state index contributed by atoms with van der Waals surface area (Å²) in [6.45, 7) is 1.90. The van der Waals surface area contributed by atoms with Crippen LogP contribution in [0.1, 0.15) is 30.1 Å². The largest absolute Gasteiger partial charge is 0.493 e. The monoisotopic (exact) mass is 226 g/mol. The van der Waals surface area contributed by atoms with Gasteiger partial charge in [0.15, 0.2) is 5.78 Å². The molecule has 0 radical (unpaired) electrons. The van der Waals surface area contributed by atoms with E-state index >= 15 is 0 Å². The quantitative estimate of drug-likeness (QED) is 0.597. The van der Waals surface area contributed by atoms with E-state index in [0.29, 0.717) is 30.8 Å². The maximum atomic E-state index is 13.1. The smallest absolute Gasteiger partial charge is 0.160 e. The molecule has 16 heavy (non-hydrogen) atoms. The molecule has 0 saturated carbocycles. The molecule has 0 aromatic heterocycles. The maximum Gasteiger partial charge on any atom is 0.160 e. The van der Waals surface area contributed by atoms with Crippen LogP contribution >= 0.6 is 0 Å². The third-order valence-corrected chi connectivity index (χ3v) is 2.10. The standard InChI is InChI=1S/C12H15FO3/c1-9(15)10-6-11(13)8-12(7-10)16-5-3-2-4-14/h6-8,14H,2-5H2,1H3. The number of benzene rings is 1. The van der Waals surface area contributed by atoms with Crippen molar-refractivity contribution in [1.82, 2.24) is 0 Å². The zero-order valence-corrected chi connectivity index (χ0v) is 9.20. The molecule has 0 spiro atoms. The molecule has 0 aliphatic heterocycles. The van der Waals surface area contributed by atoms with Crippen LogP contribution in [-0.2, 0) is 0 Å². The summed E-state index contributed by atoms with van der Waals surface area (Å²) in [5.74, 6) is -0.326. The minimum absolute atomic E-state index is 0.116. The van der Waals surface area contributed by atoms with Gasteiger partial charge in [-0.3, -0.25) is 4.79 Å². The van der Waals surface area contributed by atoms with Crippen molar-refractivity contribution in [2.75, 3.05) is 13.2 Å². The van der Waals surface area contributed by atoms with Gasteiger partial charge in [0, 0.05) is 18.2 Å². The summed E-state index contributed by atoms with van der Waals surface area (Å²) in [5.41, 5.74) is 0.303. The number of hydrogen-bond donors (Lipinski definition) is 1. The first-order chi connectivity index (χ1) is 7.63. The molecule has 1 aromatic rings. The average molecular weight is 226 g/mol. The van der Waals surface area contributed by atoms with E-state index in [1.807, 2.05) is 0 Å². The Labute approximate surface area is 93.9 Å². The minimum atomic E-state index is -0.482. The second-order valence-electron chi connectivity index (χ2n) is 3.51. The van der Waals surface area contributed by atoms with E-state index in [-0.39, 0.29) is 12.4 Å². The van der Waals surface area contributed by atoms with E-state index in [1.165, 1.54) is 25.1 Å². The van der Waals surface area contributed by atoms with E-state index in [9.17, 15) is 9.18 Å². The Morgan fingerprint density at radius 3 is 2.75 bits per heavy atom. The fourth-order valence-electron chi connectivity index (χ4n) is 1.25. The number of carbonyl (C=O) groups excluding carboxylic acids is 1. The lowest BCUT2D eigenvalue weighted by molar-refractivity contribution is 0.101. The van der Waals surface area contributed by atoms with Crippen LogP contribution in [0.2, 0.25) is 0 Å². The van der Waals surface area contributed by atoms with Gasteiger partial charge in [-0.05, 0) is 31.9 Å². The van der Waals surface area contributed by atoms with Gasteiger partial charge in [-0.2, -0.15) is 0 Å². The number of aliphatic hydroxyl groups is 1. The Morgan fingerprint density at radius 2 is 2.12 bits per heavy atom. The first-order valence-corrected chi connectivity index (χ1v) is 5.18. The van der Waals surface area contributed by atoms with Crippen molar-refractivity contribution in [3.63, 3.8) is 0 Å². The van der Waals surface area contributed by atoms with Gasteiger partial charge < -0.3 is 9.84 Å². The number of carbonyl (C=O) groups is 1. The molecule has 0 unspecified atom stereocenters. The van der Waals surface area contributed by atoms with Gasteiger partial charge >= 0.3 is 0 Å². The summed E-state index contributed by atoms with van der Waals surface area (Å²) in [6, 6.07) is 3.94. The number of halogens is 1. The zero-order valence-electron chi connectivity index (χ0n) is 9.20. The lowest BCUT2D eigenvalue weighted by atomic mass is 10.1. The van der Waals surface area contributed by atoms with E-state index in [4.69, 9.17) is 9.84 Å². The molecule has 1 rings (SSSR count). The van der Waals surface area contributed by atoms with Crippen molar-refractivity contribution in [3.8, 4) is 5.75 Å². The molecular formula is C12H15FO3. The van der Waals surface area contributed by atoms with Crippen LogP contribution in [0.3, 0.4) is 0 Å². The van der Waals surface area contributed by atoms with Crippen molar-refractivity contribution >= 4 is 5.78 Å². The first kappa shape index (κ1) is 12.6. The number of ether oxygens (including phenoxy) is 1. The SMILES string of the molecule is CC(=O)c1cc(F)cc(OCCCCO)c1. The first-order valence-electron chi connectivity index (χ1n) is 5.18. The summed E-state index contributed by atoms with van der Waals surface area (Å²) in [5, 5.41) is 8.56. The molecule has 0 aliphatic rings. The van der Waals surface area contributed by atoms with Crippen LogP contribution in [0.15, 0.2) is 18.2 Å². The van der Waals surface area contributed by atoms with Crippen molar-refractivity contribution in [2.24, 2.45) is 0 Å². The van der Waals surface area contributed by atoms with Crippen LogP contribution in [0.4, 0.5) is 4.39 Å². The molecule has 0 aliphatic carbocycles. The maximum absolute atomic E-state index is 13.1. The van der Waals surface area contributed by atoms with Crippen molar-refractivity contribution < 1.29 is 19.0 Å². The van der Waals surface area contributed by atoms with Gasteiger partial charge in [0.2, 0.25) is 0 Å². The lowest BCUT2D eigenvalue weighted by Crippen LogP contribution is -2.01. The molecule has 88 valence electrons. The molecule has 0 saturated heterocycles. The number of aliphatic hydroxyl groups excluding tert-OH is 1. The van der Waals surface area contributed by atoms with E-state index in [2.05, 4.69) is 0 Å². The highest BCUT2D eigenvalue weighted by Crippen LogP contribution is 2.17. The molecule has 0 amide bonds. The molecule has 1 aromatic carbocycles. The van der Waals surface area contributed by atoms with Gasteiger partial charge in [0.25, 0.3) is 0 Å². The molecule has 0 fully saturated rings. The van der Waals surface area contributed by atoms with E-state index < -0.39 is 5.82 Å². The molecule has 0 bridgehead atoms. The summed E-state index contributed by atoms with van der Waals surface area (Å²) < 4.78 is 18.4. The number of rotatable bonds is 6. The third-order valence-electron chi connectivity index (χ3n) is 2.10. The predicted octanol–water partition coefficient (Wildman–Crippen LogP) is 2.18. The second-order valence-corrected chi connectivity index (χ2v) is 3.51. The molecule has 4 heteroatoms. The van der Waals surface area contributed by atoms with Crippen LogP contribution in [0.5, 0.6) is 5.75 Å². The Morgan fingerprint density at radius 1 is 1.38 bits per heavy atom. The highest BCUT2D eigenvalue weighted by atomic mass is 19.1. The van der Waals surface area contributed by atoms with Crippen LogP contribution in [0, 0.1) is 5.82 Å². The van der Waals surface area contributed by atoms with E-state index in [1.54, 1.807) is 0 Å². The summed E-state index contributed by atoms with van der Waals surface area (Å²) in [4.78, 5) is 11.1. The van der Waals surface area contributed by atoms with Gasteiger partial charge in [-0.15, -0.1) is 0 Å². The molecule has 1 N–H and O–H groups in total. The topological polar surface area (TPSA) is 46.5 Å². The number of Topliss-reactive ketones (excluding diaryl/α,β-unsaturated/α-hetero) is 1. The highest BCUT2D eigenvalue weighted by molar-refractivity contribution is 5.94. The Hall–Kier alpha value is -1.42. The van der Waals surface area contributed by atoms with Gasteiger partial charge in [0.05, 0.1) is 6.61 Å². The van der Waals surface area contributed by atoms with Crippen molar-refractivity contribution in [1.29, 1.82) is 0 Å². The fraction of sp³-hybridized carbons (Fsp3) is 0.417. The van der Waals surface area contributed by atoms with Gasteiger partial charge in [-0.25, -0.2) is 4.39 Å². The third kappa shape index (κ3) is 3.98. The fourth-order valence-corrected chi connectivity index (χ4v) is 1.25. The van der Waals surface area contributed by atoms with Crippen molar-refractivity contribution in [2.45, 2.75) is 19.8 Å². The van der Waals surface area contributed by atoms with Crippen LogP contribution < -0.4 is 4.74 Å². The molecule has 3 nitrogen and oxygen atoms in total. The summed E-state index contributed by atoms with van der Waals surface area (Å²) >= 11 is 0. The lowest BCUT2D eigenvalue weighted by Gasteiger charge is -2.07. The van der Waals surface area contributed by atoms with Crippen molar-refractivity contribution in [3.05, 3.63) is 29.6 Å². The normalized spacial score (nSPS) is 10.2. The number of unbranched alkanes of at least 4 members (excludes halogenated alkanes) is 1. The molecular weight excluding hydrogens is 211 g/mol. The number of ketones is 1. The Bertz CT molecular complexity index is 363. The van der Waals surface area contributed by atoms with Gasteiger partial charge in [-0.1, -0.05) is 0 Å². The predicted molar refractivity (Wildman–Crippen MR) is 58.2 cm³/mol. The zero-order chi connectivity index (χ0) is 12.0. The second kappa shape index (κ2) is 6.23. The summed E-state index contributed by atoms with van der Waals surface area (Å²) in [7, 11) is 0.